The zero-order valence-electron chi connectivity index (χ0n) is 10.4. The van der Waals surface area contributed by atoms with Crippen molar-refractivity contribution < 1.29 is 5.21 Å². The van der Waals surface area contributed by atoms with Crippen LogP contribution in [-0.4, -0.2) is 29.9 Å². The maximum Gasteiger partial charge on any atom is 0.0837 e. The molecule has 3 rings (SSSR count). The number of rotatable bonds is 1. The van der Waals surface area contributed by atoms with Crippen LogP contribution in [0.2, 0.25) is 5.02 Å². The SMILES string of the molecule is CN1CCc2c(Cl)ccc3sc(C=NO)c(c23)C1.Cl. The lowest BCUT2D eigenvalue weighted by Crippen LogP contribution is -2.18. The van der Waals surface area contributed by atoms with Gasteiger partial charge in [0.05, 0.1) is 11.1 Å². The van der Waals surface area contributed by atoms with Crippen LogP contribution in [-0.2, 0) is 13.0 Å². The maximum atomic E-state index is 8.78. The van der Waals surface area contributed by atoms with E-state index in [4.69, 9.17) is 16.8 Å². The summed E-state index contributed by atoms with van der Waals surface area (Å²) in [7, 11) is 2.10. The van der Waals surface area contributed by atoms with Crippen LogP contribution >= 0.6 is 35.3 Å². The Hall–Kier alpha value is -0.810. The lowest BCUT2D eigenvalue weighted by atomic mass is 10.0. The van der Waals surface area contributed by atoms with E-state index in [-0.39, 0.29) is 12.4 Å². The molecule has 1 aromatic carbocycles. The van der Waals surface area contributed by atoms with E-state index in [9.17, 15) is 0 Å². The van der Waals surface area contributed by atoms with Crippen LogP contribution in [0.25, 0.3) is 10.1 Å². The van der Waals surface area contributed by atoms with Gasteiger partial charge >= 0.3 is 0 Å². The van der Waals surface area contributed by atoms with Crippen LogP contribution < -0.4 is 0 Å². The minimum Gasteiger partial charge on any atom is -0.411 e. The third kappa shape index (κ3) is 2.46. The number of benzene rings is 1. The molecule has 0 unspecified atom stereocenters. The van der Waals surface area contributed by atoms with Crippen LogP contribution in [0.15, 0.2) is 17.3 Å². The number of oxime groups is 1. The second-order valence-electron chi connectivity index (χ2n) is 4.58. The molecule has 0 radical (unpaired) electrons. The Morgan fingerprint density at radius 1 is 1.42 bits per heavy atom. The molecule has 102 valence electrons. The third-order valence-corrected chi connectivity index (χ3v) is 4.87. The van der Waals surface area contributed by atoms with Crippen molar-refractivity contribution in [3.63, 3.8) is 0 Å². The minimum absolute atomic E-state index is 0. The lowest BCUT2D eigenvalue weighted by molar-refractivity contribution is 0.321. The van der Waals surface area contributed by atoms with Crippen molar-refractivity contribution in [1.82, 2.24) is 4.90 Å². The van der Waals surface area contributed by atoms with Crippen molar-refractivity contribution in [2.24, 2.45) is 5.16 Å². The summed E-state index contributed by atoms with van der Waals surface area (Å²) in [6.45, 7) is 1.86. The van der Waals surface area contributed by atoms with Crippen LogP contribution in [0.1, 0.15) is 16.0 Å². The third-order valence-electron chi connectivity index (χ3n) is 3.38. The average molecular weight is 317 g/mol. The van der Waals surface area contributed by atoms with E-state index < -0.39 is 0 Å². The fraction of sp³-hybridized carbons (Fsp3) is 0.308. The number of hydrogen-bond acceptors (Lipinski definition) is 4. The quantitative estimate of drug-likeness (QED) is 0.494. The van der Waals surface area contributed by atoms with Gasteiger partial charge in [0.15, 0.2) is 0 Å². The second-order valence-corrected chi connectivity index (χ2v) is 6.07. The molecule has 3 nitrogen and oxygen atoms in total. The molecule has 1 aromatic heterocycles. The molecule has 2 aromatic rings. The van der Waals surface area contributed by atoms with E-state index in [1.165, 1.54) is 27.4 Å². The first-order valence-corrected chi connectivity index (χ1v) is 6.99. The van der Waals surface area contributed by atoms with E-state index >= 15 is 0 Å². The molecular formula is C13H14Cl2N2OS. The molecule has 1 aliphatic heterocycles. The number of thiophene rings is 1. The van der Waals surface area contributed by atoms with Crippen molar-refractivity contribution in [2.75, 3.05) is 13.6 Å². The number of nitrogens with zero attached hydrogens (tertiary/aromatic N) is 2. The fourth-order valence-electron chi connectivity index (χ4n) is 2.53. The molecule has 0 fully saturated rings. The first kappa shape index (κ1) is 14.6. The zero-order chi connectivity index (χ0) is 12.7. The highest BCUT2D eigenvalue weighted by Gasteiger charge is 2.21. The molecule has 0 amide bonds. The van der Waals surface area contributed by atoms with E-state index in [1.54, 1.807) is 11.3 Å². The molecular weight excluding hydrogens is 303 g/mol. The van der Waals surface area contributed by atoms with Gasteiger partial charge in [-0.3, -0.25) is 0 Å². The summed E-state index contributed by atoms with van der Waals surface area (Å²) in [4.78, 5) is 3.29. The molecule has 0 saturated heterocycles. The molecule has 2 heterocycles. The predicted octanol–water partition coefficient (Wildman–Crippen LogP) is 3.77. The van der Waals surface area contributed by atoms with E-state index in [1.807, 2.05) is 6.07 Å². The van der Waals surface area contributed by atoms with Crippen molar-refractivity contribution >= 4 is 51.6 Å². The summed E-state index contributed by atoms with van der Waals surface area (Å²) in [5.41, 5.74) is 2.45. The van der Waals surface area contributed by atoms with E-state index in [2.05, 4.69) is 23.2 Å². The van der Waals surface area contributed by atoms with Gasteiger partial charge in [-0.1, -0.05) is 16.8 Å². The van der Waals surface area contributed by atoms with Gasteiger partial charge in [-0.25, -0.2) is 0 Å². The zero-order valence-corrected chi connectivity index (χ0v) is 12.8. The highest BCUT2D eigenvalue weighted by molar-refractivity contribution is 7.20. The van der Waals surface area contributed by atoms with Crippen LogP contribution in [0.4, 0.5) is 0 Å². The standard InChI is InChI=1S/C13H13ClN2OS.ClH/c1-16-5-4-8-10(14)2-3-11-13(8)9(7-16)12(18-11)6-15-17;/h2-3,6,17H,4-5,7H2,1H3;1H. The topological polar surface area (TPSA) is 35.8 Å². The first-order valence-electron chi connectivity index (χ1n) is 5.79. The summed E-state index contributed by atoms with van der Waals surface area (Å²) in [5.74, 6) is 0. The first-order chi connectivity index (χ1) is 8.70. The van der Waals surface area contributed by atoms with Gasteiger partial charge in [-0.2, -0.15) is 0 Å². The molecule has 6 heteroatoms. The summed E-state index contributed by atoms with van der Waals surface area (Å²) in [6.07, 6.45) is 2.49. The maximum absolute atomic E-state index is 8.78. The Kier molecular flexibility index (Phi) is 4.36. The Bertz CT molecular complexity index is 639. The van der Waals surface area contributed by atoms with Crippen molar-refractivity contribution in [3.05, 3.63) is 33.2 Å². The van der Waals surface area contributed by atoms with Gasteiger partial charge in [0.25, 0.3) is 0 Å². The molecule has 1 N–H and O–H groups in total. The molecule has 0 saturated carbocycles. The second kappa shape index (κ2) is 5.67. The van der Waals surface area contributed by atoms with Gasteiger partial charge in [0.2, 0.25) is 0 Å². The largest absolute Gasteiger partial charge is 0.411 e. The van der Waals surface area contributed by atoms with Crippen LogP contribution in [0, 0.1) is 0 Å². The Balaban J connectivity index is 0.00000133. The van der Waals surface area contributed by atoms with Gasteiger partial charge in [-0.15, -0.1) is 23.7 Å². The summed E-state index contributed by atoms with van der Waals surface area (Å²) >= 11 is 7.97. The number of halogens is 2. The number of likely N-dealkylation sites (N-methyl/N-ethyl adjacent to an activating group) is 1. The highest BCUT2D eigenvalue weighted by atomic mass is 35.5. The van der Waals surface area contributed by atoms with Gasteiger partial charge in [-0.05, 0) is 36.7 Å². The highest BCUT2D eigenvalue weighted by Crippen LogP contribution is 2.38. The minimum atomic E-state index is 0. The van der Waals surface area contributed by atoms with E-state index in [0.29, 0.717) is 0 Å². The molecule has 0 bridgehead atoms. The summed E-state index contributed by atoms with van der Waals surface area (Å²) in [6, 6.07) is 4.01. The van der Waals surface area contributed by atoms with Gasteiger partial charge < -0.3 is 10.1 Å². The summed E-state index contributed by atoms with van der Waals surface area (Å²) in [5, 5.41) is 14.0. The Morgan fingerprint density at radius 2 is 2.21 bits per heavy atom. The number of hydrogen-bond donors (Lipinski definition) is 1. The molecule has 0 spiro atoms. The van der Waals surface area contributed by atoms with Crippen molar-refractivity contribution in [2.45, 2.75) is 13.0 Å². The monoisotopic (exact) mass is 316 g/mol. The Labute approximate surface area is 126 Å². The summed E-state index contributed by atoms with van der Waals surface area (Å²) < 4.78 is 1.22. The normalized spacial score (nSPS) is 15.7. The smallest absolute Gasteiger partial charge is 0.0837 e. The van der Waals surface area contributed by atoms with Crippen molar-refractivity contribution in [3.8, 4) is 0 Å². The molecule has 19 heavy (non-hydrogen) atoms. The Morgan fingerprint density at radius 3 is 2.95 bits per heavy atom. The van der Waals surface area contributed by atoms with Gasteiger partial charge in [0.1, 0.15) is 0 Å². The van der Waals surface area contributed by atoms with Crippen LogP contribution in [0.5, 0.6) is 0 Å². The molecule has 0 aliphatic carbocycles. The van der Waals surface area contributed by atoms with Crippen molar-refractivity contribution in [1.29, 1.82) is 0 Å². The van der Waals surface area contributed by atoms with Crippen LogP contribution in [0.3, 0.4) is 0 Å². The lowest BCUT2D eigenvalue weighted by Gasteiger charge is -2.13. The molecule has 0 atom stereocenters. The van der Waals surface area contributed by atoms with E-state index in [0.717, 1.165) is 29.4 Å². The molecule has 1 aliphatic rings. The fourth-order valence-corrected chi connectivity index (χ4v) is 3.89. The predicted molar refractivity (Wildman–Crippen MR) is 83.5 cm³/mol. The average Bonchev–Trinajstić information content (AvgIpc) is 2.56. The van der Waals surface area contributed by atoms with Gasteiger partial charge in [0, 0.05) is 28.2 Å².